The van der Waals surface area contributed by atoms with Crippen molar-refractivity contribution < 1.29 is 19.4 Å². The number of anilines is 1. The van der Waals surface area contributed by atoms with E-state index in [2.05, 4.69) is 5.32 Å². The maximum atomic E-state index is 12.0. The van der Waals surface area contributed by atoms with Crippen LogP contribution in [0.15, 0.2) is 12.1 Å². The minimum absolute atomic E-state index is 0.197. The summed E-state index contributed by atoms with van der Waals surface area (Å²) in [5.41, 5.74) is 2.19. The van der Waals surface area contributed by atoms with Crippen LogP contribution in [-0.2, 0) is 4.74 Å². The van der Waals surface area contributed by atoms with E-state index in [1.165, 1.54) is 11.0 Å². The first-order valence-electron chi connectivity index (χ1n) is 6.81. The van der Waals surface area contributed by atoms with Crippen molar-refractivity contribution >= 4 is 17.7 Å². The van der Waals surface area contributed by atoms with E-state index in [1.54, 1.807) is 20.0 Å². The quantitative estimate of drug-likeness (QED) is 0.790. The van der Waals surface area contributed by atoms with Gasteiger partial charge in [0.2, 0.25) is 0 Å². The number of carbonyl (C=O) groups excluding carboxylic acids is 1. The molecule has 0 atom stereocenters. The van der Waals surface area contributed by atoms with Gasteiger partial charge in [-0.2, -0.15) is 0 Å². The lowest BCUT2D eigenvalue weighted by molar-refractivity contribution is 0.0696. The van der Waals surface area contributed by atoms with E-state index in [9.17, 15) is 9.59 Å². The van der Waals surface area contributed by atoms with Crippen LogP contribution in [0.5, 0.6) is 0 Å². The highest BCUT2D eigenvalue weighted by atomic mass is 16.5. The van der Waals surface area contributed by atoms with E-state index in [1.807, 2.05) is 13.8 Å². The van der Waals surface area contributed by atoms with Crippen molar-refractivity contribution in [3.8, 4) is 0 Å². The molecule has 1 aromatic rings. The molecule has 0 radical (unpaired) electrons. The molecule has 0 aromatic heterocycles. The number of rotatable bonds is 6. The maximum Gasteiger partial charge on any atom is 0.336 e. The third-order valence-electron chi connectivity index (χ3n) is 3.27. The molecule has 6 heteroatoms. The van der Waals surface area contributed by atoms with Crippen LogP contribution in [0.4, 0.5) is 10.5 Å². The second-order valence-electron chi connectivity index (χ2n) is 4.82. The van der Waals surface area contributed by atoms with E-state index >= 15 is 0 Å². The SMILES string of the molecule is CCOCCN(C)C(=O)Nc1cc(C)c(C)c(C(=O)O)c1. The molecular weight excluding hydrogens is 272 g/mol. The predicted molar refractivity (Wildman–Crippen MR) is 81.0 cm³/mol. The number of aromatic carboxylic acids is 1. The van der Waals surface area contributed by atoms with Gasteiger partial charge >= 0.3 is 12.0 Å². The molecule has 1 aromatic carbocycles. The molecule has 2 amide bonds. The average Bonchev–Trinajstić information content (AvgIpc) is 2.42. The number of nitrogens with one attached hydrogen (secondary N) is 1. The van der Waals surface area contributed by atoms with Crippen molar-refractivity contribution in [2.45, 2.75) is 20.8 Å². The van der Waals surface area contributed by atoms with E-state index in [4.69, 9.17) is 9.84 Å². The summed E-state index contributed by atoms with van der Waals surface area (Å²) < 4.78 is 5.19. The number of carboxylic acids is 1. The summed E-state index contributed by atoms with van der Waals surface area (Å²) in [6.45, 7) is 7.00. The van der Waals surface area contributed by atoms with Crippen LogP contribution < -0.4 is 5.32 Å². The minimum Gasteiger partial charge on any atom is -0.478 e. The highest BCUT2D eigenvalue weighted by Crippen LogP contribution is 2.20. The fourth-order valence-electron chi connectivity index (χ4n) is 1.82. The van der Waals surface area contributed by atoms with E-state index < -0.39 is 5.97 Å². The number of aryl methyl sites for hydroxylation is 1. The predicted octanol–water partition coefficient (Wildman–Crippen LogP) is 2.50. The molecule has 116 valence electrons. The zero-order valence-electron chi connectivity index (χ0n) is 12.9. The summed E-state index contributed by atoms with van der Waals surface area (Å²) >= 11 is 0. The van der Waals surface area contributed by atoms with Crippen molar-refractivity contribution in [1.29, 1.82) is 0 Å². The van der Waals surface area contributed by atoms with Crippen LogP contribution in [0, 0.1) is 13.8 Å². The van der Waals surface area contributed by atoms with Crippen LogP contribution in [0.2, 0.25) is 0 Å². The summed E-state index contributed by atoms with van der Waals surface area (Å²) in [4.78, 5) is 24.7. The smallest absolute Gasteiger partial charge is 0.336 e. The number of urea groups is 1. The first-order valence-corrected chi connectivity index (χ1v) is 6.81. The number of benzene rings is 1. The molecule has 0 saturated carbocycles. The van der Waals surface area contributed by atoms with Gasteiger partial charge in [-0.3, -0.25) is 0 Å². The molecule has 0 aliphatic heterocycles. The van der Waals surface area contributed by atoms with Gasteiger partial charge in [-0.05, 0) is 44.0 Å². The normalized spacial score (nSPS) is 10.3. The van der Waals surface area contributed by atoms with Gasteiger partial charge in [-0.1, -0.05) is 0 Å². The van der Waals surface area contributed by atoms with E-state index in [0.29, 0.717) is 31.0 Å². The van der Waals surface area contributed by atoms with E-state index in [0.717, 1.165) is 5.56 Å². The topological polar surface area (TPSA) is 78.9 Å². The number of amides is 2. The maximum absolute atomic E-state index is 12.0. The number of carbonyl (C=O) groups is 2. The number of likely N-dealkylation sites (N-methyl/N-ethyl adjacent to an activating group) is 1. The standard InChI is InChI=1S/C15H22N2O4/c1-5-21-7-6-17(4)15(20)16-12-8-10(2)11(3)13(9-12)14(18)19/h8-9H,5-7H2,1-4H3,(H,16,20)(H,18,19). The Morgan fingerprint density at radius 2 is 2.00 bits per heavy atom. The Bertz CT molecular complexity index is 529. The van der Waals surface area contributed by atoms with Crippen molar-refractivity contribution in [3.05, 3.63) is 28.8 Å². The molecule has 6 nitrogen and oxygen atoms in total. The largest absolute Gasteiger partial charge is 0.478 e. The fraction of sp³-hybridized carbons (Fsp3) is 0.467. The van der Waals surface area contributed by atoms with Gasteiger partial charge in [0.05, 0.1) is 12.2 Å². The summed E-state index contributed by atoms with van der Waals surface area (Å²) in [6, 6.07) is 2.93. The molecule has 0 bridgehead atoms. The first-order chi connectivity index (χ1) is 9.86. The average molecular weight is 294 g/mol. The van der Waals surface area contributed by atoms with Crippen LogP contribution in [0.1, 0.15) is 28.4 Å². The third-order valence-corrected chi connectivity index (χ3v) is 3.27. The van der Waals surface area contributed by atoms with E-state index in [-0.39, 0.29) is 11.6 Å². The Hall–Kier alpha value is -2.08. The molecule has 21 heavy (non-hydrogen) atoms. The second-order valence-corrected chi connectivity index (χ2v) is 4.82. The number of carboxylic acid groups (broad SMARTS) is 1. The number of ether oxygens (including phenoxy) is 1. The Morgan fingerprint density at radius 1 is 1.33 bits per heavy atom. The molecule has 0 saturated heterocycles. The molecule has 0 unspecified atom stereocenters. The van der Waals surface area contributed by atoms with Crippen LogP contribution in [0.3, 0.4) is 0 Å². The Balaban J connectivity index is 2.78. The highest BCUT2D eigenvalue weighted by Gasteiger charge is 2.14. The van der Waals surface area contributed by atoms with Crippen LogP contribution in [0.25, 0.3) is 0 Å². The highest BCUT2D eigenvalue weighted by molar-refractivity contribution is 5.94. The van der Waals surface area contributed by atoms with Crippen molar-refractivity contribution in [2.75, 3.05) is 32.1 Å². The zero-order valence-corrected chi connectivity index (χ0v) is 12.9. The number of nitrogens with zero attached hydrogens (tertiary/aromatic N) is 1. The molecule has 0 fully saturated rings. The fourth-order valence-corrected chi connectivity index (χ4v) is 1.82. The van der Waals surface area contributed by atoms with Gasteiger partial charge in [0, 0.05) is 25.9 Å². The zero-order chi connectivity index (χ0) is 16.0. The summed E-state index contributed by atoms with van der Waals surface area (Å²) in [7, 11) is 1.66. The van der Waals surface area contributed by atoms with Gasteiger partial charge < -0.3 is 20.1 Å². The van der Waals surface area contributed by atoms with Crippen molar-refractivity contribution in [2.24, 2.45) is 0 Å². The van der Waals surface area contributed by atoms with Gasteiger partial charge in [-0.15, -0.1) is 0 Å². The molecule has 0 aliphatic rings. The minimum atomic E-state index is -1.00. The summed E-state index contributed by atoms with van der Waals surface area (Å²) in [6.07, 6.45) is 0. The first kappa shape index (κ1) is 17.0. The lowest BCUT2D eigenvalue weighted by Crippen LogP contribution is -2.34. The van der Waals surface area contributed by atoms with Crippen molar-refractivity contribution in [3.63, 3.8) is 0 Å². The lowest BCUT2D eigenvalue weighted by Gasteiger charge is -2.18. The molecule has 1 rings (SSSR count). The Morgan fingerprint density at radius 3 is 2.57 bits per heavy atom. The third kappa shape index (κ3) is 4.75. The molecular formula is C15H22N2O4. The van der Waals surface area contributed by atoms with Gasteiger partial charge in [0.25, 0.3) is 0 Å². The number of hydrogen-bond donors (Lipinski definition) is 2. The Labute approximate surface area is 124 Å². The second kappa shape index (κ2) is 7.64. The summed E-state index contributed by atoms with van der Waals surface area (Å²) in [5, 5.41) is 11.9. The molecule has 2 N–H and O–H groups in total. The lowest BCUT2D eigenvalue weighted by atomic mass is 10.0. The number of hydrogen-bond acceptors (Lipinski definition) is 3. The van der Waals surface area contributed by atoms with Crippen LogP contribution in [-0.4, -0.2) is 48.8 Å². The molecule has 0 heterocycles. The summed E-state index contributed by atoms with van der Waals surface area (Å²) in [5.74, 6) is -1.00. The van der Waals surface area contributed by atoms with Gasteiger partial charge in [0.1, 0.15) is 0 Å². The van der Waals surface area contributed by atoms with Gasteiger partial charge in [-0.25, -0.2) is 9.59 Å². The van der Waals surface area contributed by atoms with Crippen LogP contribution >= 0.6 is 0 Å². The van der Waals surface area contributed by atoms with Gasteiger partial charge in [0.15, 0.2) is 0 Å². The van der Waals surface area contributed by atoms with Crippen molar-refractivity contribution in [1.82, 2.24) is 4.90 Å². The monoisotopic (exact) mass is 294 g/mol. The molecule has 0 aliphatic carbocycles. The Kier molecular flexibility index (Phi) is 6.17. The molecule has 0 spiro atoms.